The first-order valence-corrected chi connectivity index (χ1v) is 9.60. The molecule has 9 heteroatoms. The molecular formula is C22H22N4NaO4. The van der Waals surface area contributed by atoms with Crippen LogP contribution in [0.4, 0.5) is 11.4 Å². The molecule has 3 aromatic rings. The summed E-state index contributed by atoms with van der Waals surface area (Å²) >= 11 is 0. The van der Waals surface area contributed by atoms with E-state index < -0.39 is 17.0 Å². The average molecular weight is 429 g/mol. The number of carbonyl (C=O) groups is 1. The Morgan fingerprint density at radius 1 is 1.10 bits per heavy atom. The molecule has 0 spiro atoms. The first kappa shape index (κ1) is 23.4. The molecule has 1 aliphatic heterocycles. The summed E-state index contributed by atoms with van der Waals surface area (Å²) in [5, 5.41) is 44.8. The van der Waals surface area contributed by atoms with E-state index in [1.165, 1.54) is 30.3 Å². The zero-order valence-corrected chi connectivity index (χ0v) is 20.2. The van der Waals surface area contributed by atoms with Gasteiger partial charge in [0.25, 0.3) is 0 Å². The van der Waals surface area contributed by atoms with Crippen molar-refractivity contribution in [3.63, 3.8) is 0 Å². The van der Waals surface area contributed by atoms with Gasteiger partial charge in [-0.05, 0) is 58.0 Å². The number of benzene rings is 2. The zero-order valence-electron chi connectivity index (χ0n) is 18.2. The van der Waals surface area contributed by atoms with E-state index in [9.17, 15) is 15.1 Å². The number of aromatic nitrogens is 1. The van der Waals surface area contributed by atoms with Crippen LogP contribution in [-0.2, 0) is 17.2 Å². The normalized spacial score (nSPS) is 17.5. The van der Waals surface area contributed by atoms with Crippen molar-refractivity contribution in [3.05, 3.63) is 53.2 Å². The number of carboxylic acids is 1. The van der Waals surface area contributed by atoms with E-state index in [1.54, 1.807) is 6.07 Å². The fraction of sp³-hybridized carbons (Fsp3) is 0.318. The van der Waals surface area contributed by atoms with Crippen LogP contribution in [0.2, 0.25) is 0 Å². The number of nitrogens with one attached hydrogen (secondary N) is 1. The predicted octanol–water partition coefficient (Wildman–Crippen LogP) is 1.58. The van der Waals surface area contributed by atoms with Gasteiger partial charge in [-0.1, -0.05) is 11.8 Å². The summed E-state index contributed by atoms with van der Waals surface area (Å²) in [6, 6.07) is 9.03. The molecule has 1 aliphatic rings. The predicted molar refractivity (Wildman–Crippen MR) is 109 cm³/mol. The third-order valence-corrected chi connectivity index (χ3v) is 5.64. The summed E-state index contributed by atoms with van der Waals surface area (Å²) in [5.41, 5.74) is 1.68. The van der Waals surface area contributed by atoms with E-state index in [2.05, 4.69) is 15.2 Å². The molecule has 0 fully saturated rings. The van der Waals surface area contributed by atoms with Crippen LogP contribution in [0.5, 0.6) is 5.75 Å². The topological polar surface area (TPSA) is 124 Å². The first-order chi connectivity index (χ1) is 14.0. The number of carboxylic acid groups (broad SMARTS) is 1. The molecule has 0 aliphatic carbocycles. The number of hydrogen-bond acceptors (Lipinski definition) is 5. The minimum Gasteiger partial charge on any atom is -0.871 e. The molecule has 0 unspecified atom stereocenters. The molecule has 0 atom stereocenters. The van der Waals surface area contributed by atoms with Crippen LogP contribution in [-0.4, -0.2) is 26.7 Å². The van der Waals surface area contributed by atoms with Gasteiger partial charge in [-0.15, -0.1) is 10.3 Å². The summed E-state index contributed by atoms with van der Waals surface area (Å²) < 4.78 is 0. The van der Waals surface area contributed by atoms with Crippen LogP contribution in [0.25, 0.3) is 10.9 Å². The maximum atomic E-state index is 13.1. The number of azo groups is 1. The molecule has 0 bridgehead atoms. The summed E-state index contributed by atoms with van der Waals surface area (Å²) in [5.74, 6) is -1.33. The number of hydrogen-bond donors (Lipinski definition) is 2. The van der Waals surface area contributed by atoms with Gasteiger partial charge in [0, 0.05) is 28.6 Å². The maximum absolute atomic E-state index is 13.1. The smallest absolute Gasteiger partial charge is 0.871 e. The second-order valence-electron chi connectivity index (χ2n) is 8.71. The van der Waals surface area contributed by atoms with Crippen molar-refractivity contribution >= 4 is 28.2 Å². The van der Waals surface area contributed by atoms with E-state index in [0.29, 0.717) is 17.5 Å². The molecule has 8 nitrogen and oxygen atoms in total. The third-order valence-electron chi connectivity index (χ3n) is 5.64. The van der Waals surface area contributed by atoms with Gasteiger partial charge in [0.2, 0.25) is 0 Å². The summed E-state index contributed by atoms with van der Waals surface area (Å²) in [6.45, 7) is 7.49. The minimum atomic E-state index is -1.03. The summed E-state index contributed by atoms with van der Waals surface area (Å²) in [6.07, 6.45) is 0.519. The quantitative estimate of drug-likeness (QED) is 0.484. The fourth-order valence-electron chi connectivity index (χ4n) is 4.35. The number of nitrogens with zero attached hydrogens (tertiary/aromatic N) is 3. The summed E-state index contributed by atoms with van der Waals surface area (Å²) in [4.78, 5) is 14.4. The summed E-state index contributed by atoms with van der Waals surface area (Å²) in [7, 11) is 0. The number of aromatic amines is 1. The fourth-order valence-corrected chi connectivity index (χ4v) is 4.35. The molecule has 2 aromatic carbocycles. The molecule has 31 heavy (non-hydrogen) atoms. The largest absolute Gasteiger partial charge is 1.00 e. The van der Waals surface area contributed by atoms with Gasteiger partial charge >= 0.3 is 35.5 Å². The van der Waals surface area contributed by atoms with Crippen molar-refractivity contribution in [3.8, 4) is 5.75 Å². The Kier molecular flexibility index (Phi) is 6.07. The average Bonchev–Trinajstić information content (AvgIpc) is 3.04. The zero-order chi connectivity index (χ0) is 21.8. The molecule has 2 N–H and O–H groups in total. The maximum Gasteiger partial charge on any atom is 1.00 e. The van der Waals surface area contributed by atoms with Crippen LogP contribution >= 0.6 is 0 Å². The molecule has 1 radical (unpaired) electrons. The molecule has 0 saturated heterocycles. The molecule has 4 rings (SSSR count). The Balaban J connectivity index is 0.00000272. The number of hydroxylamine groups is 2. The molecular weight excluding hydrogens is 407 g/mol. The molecule has 0 saturated carbocycles. The van der Waals surface area contributed by atoms with Crippen molar-refractivity contribution in [2.45, 2.75) is 45.2 Å². The van der Waals surface area contributed by atoms with E-state index in [4.69, 9.17) is 5.11 Å². The van der Waals surface area contributed by atoms with Gasteiger partial charge < -0.3 is 15.2 Å². The Hall–Kier alpha value is -2.23. The second-order valence-corrected chi connectivity index (χ2v) is 8.71. The molecule has 1 aromatic heterocycles. The Morgan fingerprint density at radius 3 is 2.35 bits per heavy atom. The van der Waals surface area contributed by atoms with Crippen LogP contribution < -0.4 is 34.7 Å². The second kappa shape index (κ2) is 8.03. The van der Waals surface area contributed by atoms with E-state index >= 15 is 0 Å². The van der Waals surface area contributed by atoms with Crippen molar-refractivity contribution < 1.29 is 49.8 Å². The standard InChI is InChI=1S/C22H23N4O4.Na/c1-21(2)11-15-18(22(3,4)26(21)30)17-14(23-15)9-10-16(27)19(17)25-24-13-7-5-12(6-8-13)20(28)29;/h5-10,23,27H,11H2,1-4H3,(H,28,29);/q;+1/p-1. The first-order valence-electron chi connectivity index (χ1n) is 9.60. The van der Waals surface area contributed by atoms with Crippen LogP contribution in [0.1, 0.15) is 49.3 Å². The van der Waals surface area contributed by atoms with Crippen LogP contribution in [0, 0.1) is 0 Å². The third kappa shape index (κ3) is 3.90. The van der Waals surface area contributed by atoms with E-state index in [-0.39, 0.29) is 46.6 Å². The van der Waals surface area contributed by atoms with E-state index in [1.807, 2.05) is 27.7 Å². The van der Waals surface area contributed by atoms with Crippen molar-refractivity contribution in [1.29, 1.82) is 0 Å². The van der Waals surface area contributed by atoms with E-state index in [0.717, 1.165) is 21.8 Å². The van der Waals surface area contributed by atoms with Gasteiger partial charge in [0.05, 0.1) is 28.0 Å². The van der Waals surface area contributed by atoms with Gasteiger partial charge in [0.15, 0.2) is 0 Å². The van der Waals surface area contributed by atoms with Gasteiger partial charge in [0.1, 0.15) is 0 Å². The van der Waals surface area contributed by atoms with Crippen LogP contribution in [0.3, 0.4) is 0 Å². The Labute approximate surface area is 201 Å². The number of rotatable bonds is 3. The van der Waals surface area contributed by atoms with Gasteiger partial charge in [-0.3, -0.25) is 0 Å². The molecule has 0 amide bonds. The van der Waals surface area contributed by atoms with Crippen molar-refractivity contribution in [1.82, 2.24) is 10.0 Å². The Bertz CT molecular complexity index is 1180. The number of H-pyrrole nitrogens is 1. The van der Waals surface area contributed by atoms with Gasteiger partial charge in [-0.25, -0.2) is 4.79 Å². The number of fused-ring (bicyclic) bond motifs is 3. The SMILES string of the molecule is CC1(C)Cc2[nH]c3ccc([O-])c(N=Nc4ccc(C(=O)O)cc4)c3c2C(C)(C)N1[O].[Na+]. The molecule has 155 valence electrons. The number of aromatic carboxylic acids is 1. The monoisotopic (exact) mass is 429 g/mol. The molecule has 2 heterocycles. The minimum absolute atomic E-state index is 0. The van der Waals surface area contributed by atoms with Crippen molar-refractivity contribution in [2.24, 2.45) is 10.2 Å². The van der Waals surface area contributed by atoms with Crippen LogP contribution in [0.15, 0.2) is 46.6 Å². The Morgan fingerprint density at radius 2 is 1.74 bits per heavy atom. The van der Waals surface area contributed by atoms with Crippen molar-refractivity contribution in [2.75, 3.05) is 0 Å². The van der Waals surface area contributed by atoms with Gasteiger partial charge in [-0.2, -0.15) is 10.2 Å².